The van der Waals surface area contributed by atoms with E-state index >= 15 is 0 Å². The van der Waals surface area contributed by atoms with Crippen molar-refractivity contribution in [1.82, 2.24) is 15.6 Å². The van der Waals surface area contributed by atoms with Crippen LogP contribution in [-0.2, 0) is 11.3 Å². The van der Waals surface area contributed by atoms with Gasteiger partial charge in [0.25, 0.3) is 0 Å². The van der Waals surface area contributed by atoms with Crippen molar-refractivity contribution in [3.05, 3.63) is 11.1 Å². The molecule has 1 aliphatic rings. The number of rotatable bonds is 7. The predicted octanol–water partition coefficient (Wildman–Crippen LogP) is 2.61. The highest BCUT2D eigenvalue weighted by molar-refractivity contribution is 7.13. The molecule has 0 radical (unpaired) electrons. The third-order valence-corrected chi connectivity index (χ3v) is 5.19. The summed E-state index contributed by atoms with van der Waals surface area (Å²) in [4.78, 5) is 10.8. The number of aromatic nitrogens is 1. The van der Waals surface area contributed by atoms with Crippen molar-refractivity contribution >= 4 is 22.4 Å². The monoisotopic (exact) mass is 353 g/mol. The first-order valence-electron chi connectivity index (χ1n) is 8.87. The minimum Gasteiger partial charge on any atom is -0.376 e. The number of aliphatic imine (C=N–C) groups is 1. The van der Waals surface area contributed by atoms with E-state index in [-0.39, 0.29) is 0 Å². The highest BCUT2D eigenvalue weighted by Gasteiger charge is 2.12. The van der Waals surface area contributed by atoms with Crippen LogP contribution in [0.5, 0.6) is 0 Å². The van der Waals surface area contributed by atoms with E-state index in [1.165, 1.54) is 38.5 Å². The molecular formula is C17H31N5OS. The van der Waals surface area contributed by atoms with Crippen LogP contribution in [0, 0.1) is 0 Å². The van der Waals surface area contributed by atoms with Gasteiger partial charge >= 0.3 is 0 Å². The van der Waals surface area contributed by atoms with Gasteiger partial charge in [-0.05, 0) is 12.8 Å². The van der Waals surface area contributed by atoms with Gasteiger partial charge in [-0.2, -0.15) is 0 Å². The molecule has 1 fully saturated rings. The van der Waals surface area contributed by atoms with Crippen molar-refractivity contribution in [2.75, 3.05) is 39.2 Å². The normalized spacial score (nSPS) is 16.7. The van der Waals surface area contributed by atoms with Crippen molar-refractivity contribution in [2.24, 2.45) is 4.99 Å². The maximum Gasteiger partial charge on any atom is 0.191 e. The molecule has 6 nitrogen and oxygen atoms in total. The number of anilines is 1. The molecule has 0 aromatic carbocycles. The summed E-state index contributed by atoms with van der Waals surface area (Å²) >= 11 is 1.65. The predicted molar refractivity (Wildman–Crippen MR) is 102 cm³/mol. The van der Waals surface area contributed by atoms with Crippen LogP contribution in [0.1, 0.15) is 44.2 Å². The molecule has 1 aromatic heterocycles. The molecule has 0 aliphatic heterocycles. The lowest BCUT2D eigenvalue weighted by molar-refractivity contribution is 0.0468. The van der Waals surface area contributed by atoms with Gasteiger partial charge < -0.3 is 20.3 Å². The molecule has 1 saturated carbocycles. The third-order valence-electron chi connectivity index (χ3n) is 4.13. The van der Waals surface area contributed by atoms with E-state index in [1.807, 2.05) is 19.0 Å². The Morgan fingerprint density at radius 2 is 2.04 bits per heavy atom. The Balaban J connectivity index is 1.63. The molecule has 2 rings (SSSR count). The smallest absolute Gasteiger partial charge is 0.191 e. The molecule has 1 heterocycles. The summed E-state index contributed by atoms with van der Waals surface area (Å²) < 4.78 is 5.99. The molecule has 1 aliphatic carbocycles. The van der Waals surface area contributed by atoms with E-state index in [1.54, 1.807) is 18.4 Å². The van der Waals surface area contributed by atoms with Crippen molar-refractivity contribution in [3.8, 4) is 0 Å². The number of hydrogen-bond acceptors (Lipinski definition) is 5. The summed E-state index contributed by atoms with van der Waals surface area (Å²) in [5, 5.41) is 9.69. The maximum atomic E-state index is 5.99. The zero-order valence-electron chi connectivity index (χ0n) is 15.2. The summed E-state index contributed by atoms with van der Waals surface area (Å²) in [5.74, 6) is 0.791. The van der Waals surface area contributed by atoms with Gasteiger partial charge in [0.1, 0.15) is 0 Å². The van der Waals surface area contributed by atoms with Crippen LogP contribution in [-0.4, -0.2) is 51.3 Å². The number of ether oxygens (including phenoxy) is 1. The lowest BCUT2D eigenvalue weighted by Crippen LogP contribution is -2.39. The SMILES string of the molecule is CN=C(NCCOC1CCCCCC1)NCc1csc(N(C)C)n1. The van der Waals surface area contributed by atoms with Crippen molar-refractivity contribution in [3.63, 3.8) is 0 Å². The first-order valence-corrected chi connectivity index (χ1v) is 9.75. The number of hydrogen-bond donors (Lipinski definition) is 2. The standard InChI is InChI=1S/C17H31N5OS/c1-18-16(20-12-14-13-24-17(21-14)22(2)3)19-10-11-23-15-8-6-4-5-7-9-15/h13,15H,4-12H2,1-3H3,(H2,18,19,20). The Morgan fingerprint density at radius 1 is 1.29 bits per heavy atom. The second-order valence-corrected chi connectivity index (χ2v) is 7.19. The Morgan fingerprint density at radius 3 is 2.67 bits per heavy atom. The Hall–Kier alpha value is -1.34. The van der Waals surface area contributed by atoms with E-state index < -0.39 is 0 Å². The van der Waals surface area contributed by atoms with Gasteiger partial charge in [0.05, 0.1) is 24.9 Å². The molecular weight excluding hydrogens is 322 g/mol. The second kappa shape index (κ2) is 10.5. The van der Waals surface area contributed by atoms with Gasteiger partial charge in [0, 0.05) is 33.1 Å². The van der Waals surface area contributed by atoms with E-state index in [2.05, 4.69) is 26.0 Å². The van der Waals surface area contributed by atoms with Crippen LogP contribution < -0.4 is 15.5 Å². The maximum absolute atomic E-state index is 5.99. The molecule has 136 valence electrons. The van der Waals surface area contributed by atoms with Gasteiger partial charge in [0.2, 0.25) is 0 Å². The third kappa shape index (κ3) is 6.65. The van der Waals surface area contributed by atoms with Gasteiger partial charge in [-0.1, -0.05) is 25.7 Å². The van der Waals surface area contributed by atoms with E-state index in [0.29, 0.717) is 12.6 Å². The number of nitrogens with zero attached hydrogens (tertiary/aromatic N) is 3. The Labute approximate surface area is 149 Å². The largest absolute Gasteiger partial charge is 0.376 e. The van der Waals surface area contributed by atoms with Crippen LogP contribution in [0.2, 0.25) is 0 Å². The average Bonchev–Trinajstić information content (AvgIpc) is 2.91. The molecule has 0 saturated heterocycles. The highest BCUT2D eigenvalue weighted by Crippen LogP contribution is 2.19. The zero-order valence-corrected chi connectivity index (χ0v) is 16.0. The number of nitrogens with one attached hydrogen (secondary N) is 2. The van der Waals surface area contributed by atoms with Crippen molar-refractivity contribution in [1.29, 1.82) is 0 Å². The van der Waals surface area contributed by atoms with Crippen LogP contribution >= 0.6 is 11.3 Å². The van der Waals surface area contributed by atoms with Crippen LogP contribution in [0.3, 0.4) is 0 Å². The highest BCUT2D eigenvalue weighted by atomic mass is 32.1. The fraction of sp³-hybridized carbons (Fsp3) is 0.765. The number of guanidine groups is 1. The molecule has 2 N–H and O–H groups in total. The summed E-state index contributed by atoms with van der Waals surface area (Å²) in [6.07, 6.45) is 8.22. The summed E-state index contributed by atoms with van der Waals surface area (Å²) in [6.45, 7) is 2.18. The van der Waals surface area contributed by atoms with Gasteiger partial charge in [-0.3, -0.25) is 4.99 Å². The van der Waals surface area contributed by atoms with E-state index in [0.717, 1.165) is 29.9 Å². The number of thiazole rings is 1. The fourth-order valence-electron chi connectivity index (χ4n) is 2.78. The minimum atomic E-state index is 0.448. The van der Waals surface area contributed by atoms with Gasteiger partial charge in [0.15, 0.2) is 11.1 Å². The summed E-state index contributed by atoms with van der Waals surface area (Å²) in [5.41, 5.74) is 1.03. The molecule has 1 aromatic rings. The van der Waals surface area contributed by atoms with Gasteiger partial charge in [-0.15, -0.1) is 11.3 Å². The lowest BCUT2D eigenvalue weighted by Gasteiger charge is -2.16. The first-order chi connectivity index (χ1) is 11.7. The summed E-state index contributed by atoms with van der Waals surface area (Å²) in [7, 11) is 5.80. The van der Waals surface area contributed by atoms with E-state index in [9.17, 15) is 0 Å². The quantitative estimate of drug-likeness (QED) is 0.341. The van der Waals surface area contributed by atoms with Gasteiger partial charge in [-0.25, -0.2) is 4.98 Å². The van der Waals surface area contributed by atoms with Crippen molar-refractivity contribution < 1.29 is 4.74 Å². The first kappa shape index (κ1) is 19.0. The molecule has 0 amide bonds. The van der Waals surface area contributed by atoms with Crippen LogP contribution in [0.25, 0.3) is 0 Å². The fourth-order valence-corrected chi connectivity index (χ4v) is 3.54. The zero-order chi connectivity index (χ0) is 17.2. The molecule has 0 atom stereocenters. The lowest BCUT2D eigenvalue weighted by atomic mass is 10.1. The molecule has 24 heavy (non-hydrogen) atoms. The minimum absolute atomic E-state index is 0.448. The molecule has 0 bridgehead atoms. The van der Waals surface area contributed by atoms with Crippen LogP contribution in [0.15, 0.2) is 10.4 Å². The Bertz CT molecular complexity index is 495. The molecule has 0 spiro atoms. The molecule has 7 heteroatoms. The molecule has 0 unspecified atom stereocenters. The summed E-state index contributed by atoms with van der Waals surface area (Å²) in [6, 6.07) is 0. The Kier molecular flexibility index (Phi) is 8.32. The topological polar surface area (TPSA) is 61.8 Å². The van der Waals surface area contributed by atoms with E-state index in [4.69, 9.17) is 4.74 Å². The second-order valence-electron chi connectivity index (χ2n) is 6.35. The van der Waals surface area contributed by atoms with Crippen LogP contribution in [0.4, 0.5) is 5.13 Å². The average molecular weight is 354 g/mol. The van der Waals surface area contributed by atoms with Crippen molar-refractivity contribution in [2.45, 2.75) is 51.2 Å².